The molecular weight excluding hydrogens is 214 g/mol. The SMILES string of the molecule is CCC(CO)N1CCN(CCCCC#N)CC1. The number of aliphatic hydroxyl groups excluding tert-OH is 1. The number of nitriles is 1. The predicted molar refractivity (Wildman–Crippen MR) is 68.6 cm³/mol. The second-order valence-corrected chi connectivity index (χ2v) is 4.74. The van der Waals surface area contributed by atoms with E-state index >= 15 is 0 Å². The van der Waals surface area contributed by atoms with E-state index in [0.717, 1.165) is 52.0 Å². The van der Waals surface area contributed by atoms with Gasteiger partial charge in [-0.25, -0.2) is 0 Å². The molecule has 0 bridgehead atoms. The van der Waals surface area contributed by atoms with Gasteiger partial charge in [-0.05, 0) is 25.8 Å². The standard InChI is InChI=1S/C13H25N3O/c1-2-13(12-17)16-10-8-15(9-11-16)7-5-3-4-6-14/h13,17H,2-5,7-12H2,1H3. The molecule has 0 aliphatic carbocycles. The Kier molecular flexibility index (Phi) is 7.18. The van der Waals surface area contributed by atoms with E-state index < -0.39 is 0 Å². The van der Waals surface area contributed by atoms with E-state index in [1.54, 1.807) is 0 Å². The predicted octanol–water partition coefficient (Wildman–Crippen LogP) is 1.07. The van der Waals surface area contributed by atoms with Crippen LogP contribution in [0.15, 0.2) is 0 Å². The highest BCUT2D eigenvalue weighted by molar-refractivity contribution is 4.77. The Hall–Kier alpha value is -0.630. The molecule has 1 fully saturated rings. The molecule has 1 rings (SSSR count). The summed E-state index contributed by atoms with van der Waals surface area (Å²) in [5, 5.41) is 17.7. The highest BCUT2D eigenvalue weighted by Crippen LogP contribution is 2.09. The summed E-state index contributed by atoms with van der Waals surface area (Å²) < 4.78 is 0. The Morgan fingerprint density at radius 1 is 1.24 bits per heavy atom. The zero-order valence-corrected chi connectivity index (χ0v) is 10.9. The Morgan fingerprint density at radius 2 is 1.94 bits per heavy atom. The second-order valence-electron chi connectivity index (χ2n) is 4.74. The maximum atomic E-state index is 9.26. The van der Waals surface area contributed by atoms with E-state index in [0.29, 0.717) is 12.5 Å². The number of aliphatic hydroxyl groups is 1. The van der Waals surface area contributed by atoms with Crippen LogP contribution in [-0.2, 0) is 0 Å². The summed E-state index contributed by atoms with van der Waals surface area (Å²) >= 11 is 0. The largest absolute Gasteiger partial charge is 0.395 e. The Balaban J connectivity index is 2.15. The zero-order valence-electron chi connectivity index (χ0n) is 10.9. The van der Waals surface area contributed by atoms with Crippen LogP contribution >= 0.6 is 0 Å². The van der Waals surface area contributed by atoms with Crippen LogP contribution in [0.5, 0.6) is 0 Å². The Morgan fingerprint density at radius 3 is 2.47 bits per heavy atom. The van der Waals surface area contributed by atoms with Gasteiger partial charge < -0.3 is 10.0 Å². The van der Waals surface area contributed by atoms with Crippen LogP contribution in [0.25, 0.3) is 0 Å². The quantitative estimate of drug-likeness (QED) is 0.675. The average molecular weight is 239 g/mol. The molecule has 4 nitrogen and oxygen atoms in total. The number of unbranched alkanes of at least 4 members (excludes halogenated alkanes) is 2. The summed E-state index contributed by atoms with van der Waals surface area (Å²) in [5.41, 5.74) is 0. The summed E-state index contributed by atoms with van der Waals surface area (Å²) in [6.45, 7) is 7.86. The smallest absolute Gasteiger partial charge is 0.0621 e. The molecule has 1 heterocycles. The number of hydrogen-bond acceptors (Lipinski definition) is 4. The van der Waals surface area contributed by atoms with E-state index in [1.165, 1.54) is 0 Å². The van der Waals surface area contributed by atoms with E-state index in [1.807, 2.05) is 0 Å². The molecule has 4 heteroatoms. The Labute approximate surface area is 105 Å². The molecule has 1 aliphatic heterocycles. The van der Waals surface area contributed by atoms with Crippen LogP contribution in [0.3, 0.4) is 0 Å². The van der Waals surface area contributed by atoms with Crippen LogP contribution in [0.1, 0.15) is 32.6 Å². The van der Waals surface area contributed by atoms with E-state index in [9.17, 15) is 5.11 Å². The van der Waals surface area contributed by atoms with Crippen LogP contribution in [0, 0.1) is 11.3 Å². The minimum atomic E-state index is 0.276. The van der Waals surface area contributed by atoms with Gasteiger partial charge in [0.1, 0.15) is 0 Å². The van der Waals surface area contributed by atoms with Crippen molar-refractivity contribution in [3.05, 3.63) is 0 Å². The first-order valence-electron chi connectivity index (χ1n) is 6.76. The highest BCUT2D eigenvalue weighted by atomic mass is 16.3. The Bertz CT molecular complexity index is 227. The summed E-state index contributed by atoms with van der Waals surface area (Å²) in [6.07, 6.45) is 3.86. The molecule has 0 spiro atoms. The first-order chi connectivity index (χ1) is 8.31. The van der Waals surface area contributed by atoms with Crippen molar-refractivity contribution < 1.29 is 5.11 Å². The molecule has 1 unspecified atom stereocenters. The van der Waals surface area contributed by atoms with Gasteiger partial charge in [-0.3, -0.25) is 4.90 Å². The van der Waals surface area contributed by atoms with Crippen LogP contribution < -0.4 is 0 Å². The normalized spacial score (nSPS) is 20.1. The molecular formula is C13H25N3O. The lowest BCUT2D eigenvalue weighted by Crippen LogP contribution is -2.51. The van der Waals surface area contributed by atoms with Crippen molar-refractivity contribution in [3.8, 4) is 6.07 Å². The lowest BCUT2D eigenvalue weighted by Gasteiger charge is -2.38. The van der Waals surface area contributed by atoms with Gasteiger partial charge in [-0.1, -0.05) is 6.92 Å². The van der Waals surface area contributed by atoms with Gasteiger partial charge >= 0.3 is 0 Å². The van der Waals surface area contributed by atoms with Gasteiger partial charge in [0.05, 0.1) is 12.7 Å². The number of nitrogens with zero attached hydrogens (tertiary/aromatic N) is 3. The third-order valence-electron chi connectivity index (χ3n) is 3.62. The monoisotopic (exact) mass is 239 g/mol. The fourth-order valence-electron chi connectivity index (χ4n) is 2.39. The van der Waals surface area contributed by atoms with Gasteiger partial charge in [0.2, 0.25) is 0 Å². The highest BCUT2D eigenvalue weighted by Gasteiger charge is 2.21. The first kappa shape index (κ1) is 14.4. The molecule has 1 N–H and O–H groups in total. The van der Waals surface area contributed by atoms with Crippen molar-refractivity contribution in [3.63, 3.8) is 0 Å². The van der Waals surface area contributed by atoms with Crippen LogP contribution in [0.2, 0.25) is 0 Å². The minimum Gasteiger partial charge on any atom is -0.395 e. The van der Waals surface area contributed by atoms with Gasteiger partial charge in [0.25, 0.3) is 0 Å². The molecule has 0 aromatic carbocycles. The molecule has 17 heavy (non-hydrogen) atoms. The van der Waals surface area contributed by atoms with Crippen molar-refractivity contribution >= 4 is 0 Å². The topological polar surface area (TPSA) is 50.5 Å². The van der Waals surface area contributed by atoms with Gasteiger partial charge in [-0.15, -0.1) is 0 Å². The van der Waals surface area contributed by atoms with Crippen LogP contribution in [0.4, 0.5) is 0 Å². The molecule has 0 radical (unpaired) electrons. The summed E-state index contributed by atoms with van der Waals surface area (Å²) in [5.74, 6) is 0. The lowest BCUT2D eigenvalue weighted by molar-refractivity contribution is 0.0631. The molecule has 1 saturated heterocycles. The number of hydrogen-bond donors (Lipinski definition) is 1. The van der Waals surface area contributed by atoms with Gasteiger partial charge in [-0.2, -0.15) is 5.26 Å². The van der Waals surface area contributed by atoms with Crippen LogP contribution in [-0.4, -0.2) is 60.3 Å². The molecule has 98 valence electrons. The molecule has 0 saturated carbocycles. The summed E-state index contributed by atoms with van der Waals surface area (Å²) in [6, 6.07) is 2.53. The molecule has 0 amide bonds. The lowest BCUT2D eigenvalue weighted by atomic mass is 10.1. The van der Waals surface area contributed by atoms with Crippen molar-refractivity contribution in [2.75, 3.05) is 39.3 Å². The summed E-state index contributed by atoms with van der Waals surface area (Å²) in [4.78, 5) is 4.86. The van der Waals surface area contributed by atoms with Crippen molar-refractivity contribution in [1.82, 2.24) is 9.80 Å². The third-order valence-corrected chi connectivity index (χ3v) is 3.62. The molecule has 1 aliphatic rings. The fraction of sp³-hybridized carbons (Fsp3) is 0.923. The fourth-order valence-corrected chi connectivity index (χ4v) is 2.39. The van der Waals surface area contributed by atoms with E-state index in [4.69, 9.17) is 5.26 Å². The van der Waals surface area contributed by atoms with Gasteiger partial charge in [0, 0.05) is 38.6 Å². The van der Waals surface area contributed by atoms with E-state index in [2.05, 4.69) is 22.8 Å². The van der Waals surface area contributed by atoms with Crippen molar-refractivity contribution in [2.24, 2.45) is 0 Å². The average Bonchev–Trinajstić information content (AvgIpc) is 2.38. The number of rotatable bonds is 7. The van der Waals surface area contributed by atoms with Crippen molar-refractivity contribution in [2.45, 2.75) is 38.6 Å². The maximum absolute atomic E-state index is 9.26. The minimum absolute atomic E-state index is 0.276. The zero-order chi connectivity index (χ0) is 12.5. The molecule has 0 aromatic rings. The second kappa shape index (κ2) is 8.46. The summed E-state index contributed by atoms with van der Waals surface area (Å²) in [7, 11) is 0. The van der Waals surface area contributed by atoms with Gasteiger partial charge in [0.15, 0.2) is 0 Å². The third kappa shape index (κ3) is 5.03. The van der Waals surface area contributed by atoms with E-state index in [-0.39, 0.29) is 6.61 Å². The molecule has 1 atom stereocenters. The van der Waals surface area contributed by atoms with Crippen molar-refractivity contribution in [1.29, 1.82) is 5.26 Å². The first-order valence-corrected chi connectivity index (χ1v) is 6.76. The number of piperazine rings is 1. The maximum Gasteiger partial charge on any atom is 0.0621 e. The molecule has 0 aromatic heterocycles.